The lowest BCUT2D eigenvalue weighted by molar-refractivity contribution is -0.129. The summed E-state index contributed by atoms with van der Waals surface area (Å²) in [7, 11) is -3.03. The van der Waals surface area contributed by atoms with Crippen LogP contribution in [0.25, 0.3) is 0 Å². The SMILES string of the molecule is CC(CS(C)(=O)=O)N1C(=O)CNC1C. The lowest BCUT2D eigenvalue weighted by Crippen LogP contribution is -2.44. The van der Waals surface area contributed by atoms with Crippen molar-refractivity contribution < 1.29 is 13.2 Å². The Morgan fingerprint density at radius 3 is 2.57 bits per heavy atom. The number of rotatable bonds is 3. The highest BCUT2D eigenvalue weighted by Crippen LogP contribution is 2.10. The molecule has 2 unspecified atom stereocenters. The molecule has 0 saturated carbocycles. The fourth-order valence-corrected chi connectivity index (χ4v) is 2.82. The van der Waals surface area contributed by atoms with E-state index in [9.17, 15) is 13.2 Å². The third-order valence-electron chi connectivity index (χ3n) is 2.27. The van der Waals surface area contributed by atoms with Gasteiger partial charge in [-0.2, -0.15) is 0 Å². The Morgan fingerprint density at radius 1 is 1.64 bits per heavy atom. The van der Waals surface area contributed by atoms with Crippen LogP contribution in [0.4, 0.5) is 0 Å². The zero-order valence-corrected chi connectivity index (χ0v) is 9.47. The van der Waals surface area contributed by atoms with E-state index >= 15 is 0 Å². The van der Waals surface area contributed by atoms with E-state index in [0.717, 1.165) is 0 Å². The molecule has 82 valence electrons. The zero-order valence-electron chi connectivity index (χ0n) is 8.65. The van der Waals surface area contributed by atoms with Gasteiger partial charge in [0.05, 0.1) is 18.5 Å². The van der Waals surface area contributed by atoms with Gasteiger partial charge in [-0.05, 0) is 13.8 Å². The minimum Gasteiger partial charge on any atom is -0.323 e. The molecule has 14 heavy (non-hydrogen) atoms. The molecule has 0 aliphatic carbocycles. The molecule has 1 amide bonds. The van der Waals surface area contributed by atoms with E-state index in [0.29, 0.717) is 6.54 Å². The summed E-state index contributed by atoms with van der Waals surface area (Å²) in [5.74, 6) is -0.0150. The van der Waals surface area contributed by atoms with Gasteiger partial charge in [0.25, 0.3) is 0 Å². The van der Waals surface area contributed by atoms with Crippen molar-refractivity contribution in [2.24, 2.45) is 0 Å². The first-order valence-corrected chi connectivity index (χ1v) is 6.59. The van der Waals surface area contributed by atoms with Gasteiger partial charge in [0.1, 0.15) is 9.84 Å². The van der Waals surface area contributed by atoms with Crippen LogP contribution in [0.2, 0.25) is 0 Å². The van der Waals surface area contributed by atoms with Gasteiger partial charge >= 0.3 is 0 Å². The third-order valence-corrected chi connectivity index (χ3v) is 3.36. The second-order valence-corrected chi connectivity index (χ2v) is 5.98. The standard InChI is InChI=1S/C8H16N2O3S/c1-6(5-14(3,12)13)10-7(2)9-4-8(10)11/h6-7,9H,4-5H2,1-3H3. The molecule has 2 atom stereocenters. The first kappa shape index (κ1) is 11.5. The van der Waals surface area contributed by atoms with Crippen molar-refractivity contribution in [2.45, 2.75) is 26.1 Å². The number of carbonyl (C=O) groups is 1. The lowest BCUT2D eigenvalue weighted by atomic mass is 10.3. The molecular formula is C8H16N2O3S. The first-order valence-electron chi connectivity index (χ1n) is 4.53. The molecule has 1 fully saturated rings. The number of hydrogen-bond donors (Lipinski definition) is 1. The van der Waals surface area contributed by atoms with Crippen molar-refractivity contribution in [3.8, 4) is 0 Å². The second kappa shape index (κ2) is 3.86. The minimum atomic E-state index is -3.03. The highest BCUT2D eigenvalue weighted by Gasteiger charge is 2.32. The van der Waals surface area contributed by atoms with Crippen molar-refractivity contribution in [2.75, 3.05) is 18.6 Å². The van der Waals surface area contributed by atoms with E-state index in [1.807, 2.05) is 6.92 Å². The topological polar surface area (TPSA) is 66.5 Å². The highest BCUT2D eigenvalue weighted by molar-refractivity contribution is 7.90. The summed E-state index contributed by atoms with van der Waals surface area (Å²) in [6.07, 6.45) is 1.11. The molecule has 6 heteroatoms. The fraction of sp³-hybridized carbons (Fsp3) is 0.875. The van der Waals surface area contributed by atoms with Gasteiger partial charge in [0.15, 0.2) is 0 Å². The summed E-state index contributed by atoms with van der Waals surface area (Å²) < 4.78 is 22.1. The molecule has 5 nitrogen and oxygen atoms in total. The van der Waals surface area contributed by atoms with Crippen LogP contribution >= 0.6 is 0 Å². The summed E-state index contributed by atoms with van der Waals surface area (Å²) in [6.45, 7) is 3.90. The number of carbonyl (C=O) groups excluding carboxylic acids is 1. The number of nitrogens with one attached hydrogen (secondary N) is 1. The maximum Gasteiger partial charge on any atom is 0.238 e. The molecular weight excluding hydrogens is 204 g/mol. The van der Waals surface area contributed by atoms with Gasteiger partial charge in [-0.1, -0.05) is 0 Å². The van der Waals surface area contributed by atoms with Crippen LogP contribution in [-0.2, 0) is 14.6 Å². The zero-order chi connectivity index (χ0) is 10.9. The summed E-state index contributed by atoms with van der Waals surface area (Å²) in [5.41, 5.74) is 0. The van der Waals surface area contributed by atoms with Crippen LogP contribution in [0.15, 0.2) is 0 Å². The average molecular weight is 220 g/mol. The van der Waals surface area contributed by atoms with E-state index in [4.69, 9.17) is 0 Å². The normalized spacial score (nSPS) is 25.5. The Bertz CT molecular complexity index is 325. The Balaban J connectivity index is 2.69. The quantitative estimate of drug-likeness (QED) is 0.676. The minimum absolute atomic E-state index is 0.0186. The van der Waals surface area contributed by atoms with Gasteiger partial charge in [-0.15, -0.1) is 0 Å². The van der Waals surface area contributed by atoms with Gasteiger partial charge in [0.2, 0.25) is 5.91 Å². The molecule has 1 aliphatic rings. The van der Waals surface area contributed by atoms with Crippen molar-refractivity contribution >= 4 is 15.7 Å². The second-order valence-electron chi connectivity index (χ2n) is 3.80. The van der Waals surface area contributed by atoms with Gasteiger partial charge in [-0.3, -0.25) is 10.1 Å². The number of hydrogen-bond acceptors (Lipinski definition) is 4. The molecule has 1 aliphatic heterocycles. The van der Waals surface area contributed by atoms with Crippen LogP contribution < -0.4 is 5.32 Å². The maximum atomic E-state index is 11.4. The number of nitrogens with zero attached hydrogens (tertiary/aromatic N) is 1. The average Bonchev–Trinajstić information content (AvgIpc) is 2.27. The Labute approximate surface area is 84.4 Å². The van der Waals surface area contributed by atoms with Crippen LogP contribution in [0.3, 0.4) is 0 Å². The molecule has 0 aromatic heterocycles. The maximum absolute atomic E-state index is 11.4. The van der Waals surface area contributed by atoms with Gasteiger partial charge < -0.3 is 4.90 Å². The molecule has 1 rings (SSSR count). The predicted octanol–water partition coefficient (Wildman–Crippen LogP) is -0.803. The Hall–Kier alpha value is -0.620. The number of sulfone groups is 1. The van der Waals surface area contributed by atoms with Crippen molar-refractivity contribution in [3.63, 3.8) is 0 Å². The van der Waals surface area contributed by atoms with E-state index in [1.54, 1.807) is 11.8 Å². The molecule has 0 bridgehead atoms. The summed E-state index contributed by atoms with van der Waals surface area (Å²) in [4.78, 5) is 13.0. The highest BCUT2D eigenvalue weighted by atomic mass is 32.2. The Morgan fingerprint density at radius 2 is 2.21 bits per heavy atom. The van der Waals surface area contributed by atoms with Crippen molar-refractivity contribution in [1.82, 2.24) is 10.2 Å². The predicted molar refractivity (Wildman–Crippen MR) is 53.5 cm³/mol. The molecule has 1 heterocycles. The van der Waals surface area contributed by atoms with E-state index in [1.165, 1.54) is 6.26 Å². The van der Waals surface area contributed by atoms with Gasteiger partial charge in [0, 0.05) is 12.3 Å². The smallest absolute Gasteiger partial charge is 0.238 e. The molecule has 1 saturated heterocycles. The van der Waals surface area contributed by atoms with E-state index < -0.39 is 9.84 Å². The molecule has 0 aromatic carbocycles. The molecule has 0 radical (unpaired) electrons. The summed E-state index contributed by atoms with van der Waals surface area (Å²) >= 11 is 0. The van der Waals surface area contributed by atoms with Crippen molar-refractivity contribution in [3.05, 3.63) is 0 Å². The van der Waals surface area contributed by atoms with Crippen LogP contribution in [0.5, 0.6) is 0 Å². The third kappa shape index (κ3) is 2.68. The van der Waals surface area contributed by atoms with Crippen molar-refractivity contribution in [1.29, 1.82) is 0 Å². The summed E-state index contributed by atoms with van der Waals surface area (Å²) in [6, 6.07) is -0.262. The van der Waals surface area contributed by atoms with E-state index in [-0.39, 0.29) is 23.9 Å². The van der Waals surface area contributed by atoms with Crippen LogP contribution in [-0.4, -0.2) is 50.0 Å². The van der Waals surface area contributed by atoms with E-state index in [2.05, 4.69) is 5.32 Å². The van der Waals surface area contributed by atoms with Gasteiger partial charge in [-0.25, -0.2) is 8.42 Å². The van der Waals surface area contributed by atoms with Crippen LogP contribution in [0.1, 0.15) is 13.8 Å². The van der Waals surface area contributed by atoms with Crippen LogP contribution in [0, 0.1) is 0 Å². The molecule has 0 spiro atoms. The molecule has 0 aromatic rings. The monoisotopic (exact) mass is 220 g/mol. The Kier molecular flexibility index (Phi) is 3.16. The largest absolute Gasteiger partial charge is 0.323 e. The number of amides is 1. The lowest BCUT2D eigenvalue weighted by Gasteiger charge is -2.27. The molecule has 1 N–H and O–H groups in total. The summed E-state index contributed by atoms with van der Waals surface area (Å²) in [5, 5.41) is 2.97. The fourth-order valence-electron chi connectivity index (χ4n) is 1.79. The first-order chi connectivity index (χ1) is 6.31.